The summed E-state index contributed by atoms with van der Waals surface area (Å²) in [4.78, 5) is 0. The molecule has 0 rings (SSSR count). The molecule has 0 atom stereocenters. The minimum Gasteiger partial charge on any atom is -0.381 e. The monoisotopic (exact) mass is 185 g/mol. The first-order valence-electron chi connectivity index (χ1n) is 5.78. The molecule has 0 aliphatic rings. The molecule has 0 aromatic heterocycles. The third-order valence-corrected chi connectivity index (χ3v) is 2.18. The SMILES string of the molecule is [CH2]CCOCCCCCCCCC. The van der Waals surface area contributed by atoms with Crippen LogP contribution in [0.15, 0.2) is 0 Å². The van der Waals surface area contributed by atoms with Crippen LogP contribution in [-0.4, -0.2) is 13.2 Å². The van der Waals surface area contributed by atoms with E-state index in [9.17, 15) is 0 Å². The van der Waals surface area contributed by atoms with Crippen molar-refractivity contribution in [2.75, 3.05) is 13.2 Å². The molecule has 0 aromatic carbocycles. The Hall–Kier alpha value is -0.0400. The molecular weight excluding hydrogens is 160 g/mol. The van der Waals surface area contributed by atoms with Gasteiger partial charge in [0.2, 0.25) is 0 Å². The molecule has 1 radical (unpaired) electrons. The van der Waals surface area contributed by atoms with E-state index in [2.05, 4.69) is 13.8 Å². The zero-order chi connectivity index (χ0) is 9.78. The van der Waals surface area contributed by atoms with Gasteiger partial charge in [-0.1, -0.05) is 52.4 Å². The van der Waals surface area contributed by atoms with Crippen LogP contribution in [0.1, 0.15) is 58.3 Å². The Morgan fingerprint density at radius 3 is 2.08 bits per heavy atom. The van der Waals surface area contributed by atoms with Crippen LogP contribution in [0.4, 0.5) is 0 Å². The van der Waals surface area contributed by atoms with Crippen molar-refractivity contribution in [3.63, 3.8) is 0 Å². The first kappa shape index (κ1) is 13.0. The standard InChI is InChI=1S/C12H25O/c1-3-5-6-7-8-9-10-12-13-11-4-2/h2-12H2,1H3. The fraction of sp³-hybridized carbons (Fsp3) is 0.917. The van der Waals surface area contributed by atoms with Crippen LogP contribution < -0.4 is 0 Å². The molecule has 0 unspecified atom stereocenters. The minimum atomic E-state index is 0.829. The summed E-state index contributed by atoms with van der Waals surface area (Å²) >= 11 is 0. The van der Waals surface area contributed by atoms with Crippen molar-refractivity contribution in [1.29, 1.82) is 0 Å². The molecule has 0 bridgehead atoms. The summed E-state index contributed by atoms with van der Waals surface area (Å²) in [7, 11) is 0. The zero-order valence-corrected chi connectivity index (χ0v) is 9.19. The molecule has 0 aromatic rings. The van der Waals surface area contributed by atoms with E-state index in [-0.39, 0.29) is 0 Å². The predicted octanol–water partition coefficient (Wildman–Crippen LogP) is 3.98. The summed E-state index contributed by atoms with van der Waals surface area (Å²) in [6.07, 6.45) is 10.4. The van der Waals surface area contributed by atoms with E-state index in [1.165, 1.54) is 44.9 Å². The molecular formula is C12H25O. The van der Waals surface area contributed by atoms with Crippen LogP contribution in [0, 0.1) is 6.92 Å². The van der Waals surface area contributed by atoms with Crippen molar-refractivity contribution in [3.8, 4) is 0 Å². The van der Waals surface area contributed by atoms with Crippen molar-refractivity contribution >= 4 is 0 Å². The van der Waals surface area contributed by atoms with Gasteiger partial charge in [0.25, 0.3) is 0 Å². The van der Waals surface area contributed by atoms with E-state index in [1.54, 1.807) is 0 Å². The minimum absolute atomic E-state index is 0.829. The number of hydrogen-bond acceptors (Lipinski definition) is 1. The van der Waals surface area contributed by atoms with E-state index in [4.69, 9.17) is 4.74 Å². The van der Waals surface area contributed by atoms with Gasteiger partial charge in [-0.25, -0.2) is 0 Å². The molecule has 79 valence electrons. The Morgan fingerprint density at radius 1 is 0.846 bits per heavy atom. The fourth-order valence-corrected chi connectivity index (χ4v) is 1.37. The van der Waals surface area contributed by atoms with Gasteiger partial charge in [0.1, 0.15) is 0 Å². The van der Waals surface area contributed by atoms with Crippen LogP contribution in [0.2, 0.25) is 0 Å². The van der Waals surface area contributed by atoms with Gasteiger partial charge < -0.3 is 4.74 Å². The Bertz CT molecular complexity index is 71.2. The first-order chi connectivity index (χ1) is 6.41. The van der Waals surface area contributed by atoms with E-state index >= 15 is 0 Å². The van der Waals surface area contributed by atoms with Crippen molar-refractivity contribution < 1.29 is 4.74 Å². The Morgan fingerprint density at radius 2 is 1.46 bits per heavy atom. The van der Waals surface area contributed by atoms with Gasteiger partial charge in [-0.2, -0.15) is 0 Å². The molecule has 0 aliphatic heterocycles. The van der Waals surface area contributed by atoms with Crippen molar-refractivity contribution in [2.24, 2.45) is 0 Å². The van der Waals surface area contributed by atoms with Crippen molar-refractivity contribution in [3.05, 3.63) is 6.92 Å². The van der Waals surface area contributed by atoms with Crippen molar-refractivity contribution in [2.45, 2.75) is 58.3 Å². The summed E-state index contributed by atoms with van der Waals surface area (Å²) in [5.41, 5.74) is 0. The van der Waals surface area contributed by atoms with Crippen LogP contribution >= 0.6 is 0 Å². The highest BCUT2D eigenvalue weighted by atomic mass is 16.5. The molecule has 0 saturated heterocycles. The van der Waals surface area contributed by atoms with Gasteiger partial charge >= 0.3 is 0 Å². The summed E-state index contributed by atoms with van der Waals surface area (Å²) in [6, 6.07) is 0. The van der Waals surface area contributed by atoms with Crippen molar-refractivity contribution in [1.82, 2.24) is 0 Å². The second kappa shape index (κ2) is 12.0. The first-order valence-corrected chi connectivity index (χ1v) is 5.78. The molecule has 0 aliphatic carbocycles. The van der Waals surface area contributed by atoms with E-state index < -0.39 is 0 Å². The maximum atomic E-state index is 5.35. The maximum absolute atomic E-state index is 5.35. The van der Waals surface area contributed by atoms with Crippen LogP contribution in [0.3, 0.4) is 0 Å². The van der Waals surface area contributed by atoms with Crippen LogP contribution in [-0.2, 0) is 4.74 Å². The zero-order valence-electron chi connectivity index (χ0n) is 9.19. The largest absolute Gasteiger partial charge is 0.381 e. The lowest BCUT2D eigenvalue weighted by Gasteiger charge is -2.02. The van der Waals surface area contributed by atoms with Gasteiger partial charge in [0.05, 0.1) is 0 Å². The van der Waals surface area contributed by atoms with Gasteiger partial charge in [-0.3, -0.25) is 0 Å². The van der Waals surface area contributed by atoms with E-state index in [0.29, 0.717) is 0 Å². The van der Waals surface area contributed by atoms with Gasteiger partial charge in [0.15, 0.2) is 0 Å². The second-order valence-electron chi connectivity index (χ2n) is 3.59. The molecule has 0 spiro atoms. The Balaban J connectivity index is 2.76. The number of rotatable bonds is 10. The van der Waals surface area contributed by atoms with Gasteiger partial charge in [-0.05, 0) is 12.8 Å². The van der Waals surface area contributed by atoms with Gasteiger partial charge in [0, 0.05) is 13.2 Å². The molecule has 0 amide bonds. The summed E-state index contributed by atoms with van der Waals surface area (Å²) in [5, 5.41) is 0. The quantitative estimate of drug-likeness (QED) is 0.468. The van der Waals surface area contributed by atoms with Crippen LogP contribution in [0.5, 0.6) is 0 Å². The Kier molecular flexibility index (Phi) is 11.9. The Labute approximate surface area is 83.9 Å². The molecule has 0 saturated carbocycles. The number of hydrogen-bond donors (Lipinski definition) is 0. The average Bonchev–Trinajstić information content (AvgIpc) is 2.16. The number of ether oxygens (including phenoxy) is 1. The van der Waals surface area contributed by atoms with Crippen LogP contribution in [0.25, 0.3) is 0 Å². The highest BCUT2D eigenvalue weighted by Gasteiger charge is 1.90. The fourth-order valence-electron chi connectivity index (χ4n) is 1.37. The highest BCUT2D eigenvalue weighted by molar-refractivity contribution is 4.45. The lowest BCUT2D eigenvalue weighted by molar-refractivity contribution is 0.134. The third kappa shape index (κ3) is 12.0. The molecule has 0 fully saturated rings. The lowest BCUT2D eigenvalue weighted by Crippen LogP contribution is -1.95. The van der Waals surface area contributed by atoms with Gasteiger partial charge in [-0.15, -0.1) is 0 Å². The highest BCUT2D eigenvalue weighted by Crippen LogP contribution is 2.06. The smallest absolute Gasteiger partial charge is 0.0466 e. The number of unbranched alkanes of at least 4 members (excludes halogenated alkanes) is 6. The topological polar surface area (TPSA) is 9.23 Å². The summed E-state index contributed by atoms with van der Waals surface area (Å²) in [5.74, 6) is 0. The molecule has 1 heteroatoms. The van der Waals surface area contributed by atoms with E-state index in [1.807, 2.05) is 0 Å². The lowest BCUT2D eigenvalue weighted by atomic mass is 10.1. The molecule has 13 heavy (non-hydrogen) atoms. The normalized spacial score (nSPS) is 10.6. The molecule has 1 nitrogen and oxygen atoms in total. The summed E-state index contributed by atoms with van der Waals surface area (Å²) < 4.78 is 5.35. The van der Waals surface area contributed by atoms with E-state index in [0.717, 1.165) is 19.6 Å². The second-order valence-corrected chi connectivity index (χ2v) is 3.59. The average molecular weight is 185 g/mol. The molecule has 0 heterocycles. The molecule has 0 N–H and O–H groups in total. The predicted molar refractivity (Wildman–Crippen MR) is 58.8 cm³/mol. The third-order valence-electron chi connectivity index (χ3n) is 2.18. The summed E-state index contributed by atoms with van der Waals surface area (Å²) in [6.45, 7) is 7.75. The maximum Gasteiger partial charge on any atom is 0.0466 e.